The number of hydrogen-bond donors (Lipinski definition) is 1. The molecule has 1 heterocycles. The molecule has 3 rings (SSSR count). The molecule has 0 aliphatic heterocycles. The van der Waals surface area contributed by atoms with Gasteiger partial charge in [-0.2, -0.15) is 0 Å². The number of nitrogens with one attached hydrogen (secondary N) is 1. The van der Waals surface area contributed by atoms with E-state index in [-0.39, 0.29) is 17.9 Å². The summed E-state index contributed by atoms with van der Waals surface area (Å²) in [6.07, 6.45) is -1.31. The van der Waals surface area contributed by atoms with Crippen LogP contribution in [0.5, 0.6) is 0 Å². The maximum absolute atomic E-state index is 13.5. The summed E-state index contributed by atoms with van der Waals surface area (Å²) >= 11 is 0. The van der Waals surface area contributed by atoms with E-state index >= 15 is 0 Å². The van der Waals surface area contributed by atoms with Crippen molar-refractivity contribution in [2.45, 2.75) is 64.6 Å². The Hall–Kier alpha value is -3.23. The van der Waals surface area contributed by atoms with Gasteiger partial charge in [0.15, 0.2) is 0 Å². The fourth-order valence-electron chi connectivity index (χ4n) is 4.55. The first-order valence-corrected chi connectivity index (χ1v) is 10.6. The van der Waals surface area contributed by atoms with Gasteiger partial charge in [-0.1, -0.05) is 18.2 Å². The summed E-state index contributed by atoms with van der Waals surface area (Å²) in [6, 6.07) is 7.05. The van der Waals surface area contributed by atoms with Gasteiger partial charge in [-0.3, -0.25) is 24.5 Å². The number of ether oxygens (including phenoxy) is 2. The van der Waals surface area contributed by atoms with E-state index in [2.05, 4.69) is 4.98 Å². The zero-order valence-corrected chi connectivity index (χ0v) is 18.8. The van der Waals surface area contributed by atoms with Gasteiger partial charge in [0, 0.05) is 27.4 Å². The number of ketones is 1. The Labute approximate surface area is 185 Å². The van der Waals surface area contributed by atoms with Crippen LogP contribution in [0.25, 0.3) is 10.9 Å². The maximum Gasteiger partial charge on any atom is 0.329 e. The second kappa shape index (κ2) is 8.72. The van der Waals surface area contributed by atoms with Gasteiger partial charge in [0.25, 0.3) is 0 Å². The fourth-order valence-corrected chi connectivity index (χ4v) is 4.55. The molecule has 172 valence electrons. The minimum Gasteiger partial charge on any atom is -0.462 e. The monoisotopic (exact) mass is 444 g/mol. The number of nitrogens with zero attached hydrogens (tertiary/aromatic N) is 1. The lowest BCUT2D eigenvalue weighted by Crippen LogP contribution is -2.53. The summed E-state index contributed by atoms with van der Waals surface area (Å²) in [5, 5.41) is 12.1. The number of carbonyl (C=O) groups is 3. The molecule has 1 aliphatic carbocycles. The third-order valence-electron chi connectivity index (χ3n) is 5.81. The van der Waals surface area contributed by atoms with Gasteiger partial charge < -0.3 is 14.5 Å². The van der Waals surface area contributed by atoms with E-state index in [1.165, 1.54) is 6.92 Å². The molecule has 1 aliphatic rings. The Balaban J connectivity index is 2.38. The summed E-state index contributed by atoms with van der Waals surface area (Å²) in [6.45, 7) is 7.45. The van der Waals surface area contributed by atoms with Crippen molar-refractivity contribution in [2.75, 3.05) is 6.54 Å². The topological polar surface area (TPSA) is 129 Å². The highest BCUT2D eigenvalue weighted by molar-refractivity contribution is 6.09. The van der Waals surface area contributed by atoms with Crippen LogP contribution in [0.3, 0.4) is 0 Å². The van der Waals surface area contributed by atoms with Crippen LogP contribution in [0.4, 0.5) is 0 Å². The Morgan fingerprint density at radius 3 is 2.19 bits per heavy atom. The largest absolute Gasteiger partial charge is 0.462 e. The van der Waals surface area contributed by atoms with E-state index in [1.807, 2.05) is 0 Å². The number of rotatable bonds is 7. The van der Waals surface area contributed by atoms with E-state index < -0.39 is 52.9 Å². The average molecular weight is 444 g/mol. The standard InChI is InChI=1S/C23H28N2O7/c1-12(2)31-21(27)23(22(28)32-13(3)4)10-16(14(5)26)17(11-25(29)30)19-15-8-6-7-9-18(15)24-20(19)23/h6-9,12-13,16-17,24H,10-11H2,1-5H3/t16-,17-/m1/s1. The highest BCUT2D eigenvalue weighted by Crippen LogP contribution is 2.50. The number of H-pyrrole nitrogens is 1. The van der Waals surface area contributed by atoms with Crippen molar-refractivity contribution in [3.63, 3.8) is 0 Å². The normalized spacial score (nSPS) is 19.6. The number of fused-ring (bicyclic) bond motifs is 3. The summed E-state index contributed by atoms with van der Waals surface area (Å²) in [7, 11) is 0. The van der Waals surface area contributed by atoms with Gasteiger partial charge in [-0.25, -0.2) is 0 Å². The van der Waals surface area contributed by atoms with Gasteiger partial charge in [0.05, 0.1) is 18.1 Å². The molecule has 0 unspecified atom stereocenters. The highest BCUT2D eigenvalue weighted by atomic mass is 16.6. The Kier molecular flexibility index (Phi) is 6.39. The molecule has 0 saturated heterocycles. The van der Waals surface area contributed by atoms with E-state index in [1.54, 1.807) is 52.0 Å². The molecule has 0 amide bonds. The molecule has 0 spiro atoms. The third kappa shape index (κ3) is 3.99. The molecular formula is C23H28N2O7. The molecule has 1 aromatic heterocycles. The van der Waals surface area contributed by atoms with Crippen molar-refractivity contribution in [1.82, 2.24) is 4.98 Å². The first-order valence-electron chi connectivity index (χ1n) is 10.6. The van der Waals surface area contributed by atoms with E-state index in [9.17, 15) is 24.5 Å². The molecule has 0 saturated carbocycles. The molecule has 0 fully saturated rings. The maximum atomic E-state index is 13.5. The van der Waals surface area contributed by atoms with Crippen LogP contribution in [0, 0.1) is 16.0 Å². The smallest absolute Gasteiger partial charge is 0.329 e. The van der Waals surface area contributed by atoms with Crippen LogP contribution in [0.15, 0.2) is 24.3 Å². The number of benzene rings is 1. The molecule has 2 atom stereocenters. The van der Waals surface area contributed by atoms with E-state index in [0.717, 1.165) is 0 Å². The fraction of sp³-hybridized carbons (Fsp3) is 0.522. The number of nitro groups is 1. The van der Waals surface area contributed by atoms with Crippen molar-refractivity contribution in [3.8, 4) is 0 Å². The second-order valence-electron chi connectivity index (χ2n) is 8.82. The predicted octanol–water partition coefficient (Wildman–Crippen LogP) is 3.28. The summed E-state index contributed by atoms with van der Waals surface area (Å²) in [5.41, 5.74) is -0.703. The minimum atomic E-state index is -1.94. The third-order valence-corrected chi connectivity index (χ3v) is 5.81. The number of carbonyl (C=O) groups excluding carboxylic acids is 3. The van der Waals surface area contributed by atoms with Crippen molar-refractivity contribution >= 4 is 28.6 Å². The Morgan fingerprint density at radius 1 is 1.12 bits per heavy atom. The minimum absolute atomic E-state index is 0.208. The number of esters is 2. The molecule has 1 aromatic carbocycles. The van der Waals surface area contributed by atoms with Crippen LogP contribution in [0.1, 0.15) is 58.2 Å². The van der Waals surface area contributed by atoms with Crippen LogP contribution in [-0.2, 0) is 29.3 Å². The van der Waals surface area contributed by atoms with Crippen molar-refractivity contribution in [3.05, 3.63) is 45.6 Å². The SMILES string of the molecule is CC(=O)[C@H]1CC(C(=O)OC(C)C)(C(=O)OC(C)C)c2[nH]c3ccccc3c2[C@@H]1C[N+](=O)[O-]. The lowest BCUT2D eigenvalue weighted by atomic mass is 9.63. The van der Waals surface area contributed by atoms with Crippen molar-refractivity contribution in [2.24, 2.45) is 5.92 Å². The molecule has 9 heteroatoms. The number of aromatic amines is 1. The predicted molar refractivity (Wildman–Crippen MR) is 116 cm³/mol. The van der Waals surface area contributed by atoms with Gasteiger partial charge >= 0.3 is 11.9 Å². The number of Topliss-reactive ketones (excluding diaryl/α,β-unsaturated/α-hetero) is 1. The van der Waals surface area contributed by atoms with E-state index in [4.69, 9.17) is 9.47 Å². The summed E-state index contributed by atoms with van der Waals surface area (Å²) in [4.78, 5) is 53.9. The lowest BCUT2D eigenvalue weighted by Gasteiger charge is -2.39. The molecule has 9 nitrogen and oxygen atoms in total. The summed E-state index contributed by atoms with van der Waals surface area (Å²) in [5.74, 6) is -3.76. The number of hydrogen-bond acceptors (Lipinski definition) is 7. The second-order valence-corrected chi connectivity index (χ2v) is 8.82. The molecule has 0 radical (unpaired) electrons. The van der Waals surface area contributed by atoms with Gasteiger partial charge in [-0.05, 0) is 52.7 Å². The van der Waals surface area contributed by atoms with Crippen LogP contribution >= 0.6 is 0 Å². The number of para-hydroxylation sites is 1. The van der Waals surface area contributed by atoms with Crippen LogP contribution in [0.2, 0.25) is 0 Å². The molecule has 1 N–H and O–H groups in total. The Bertz CT molecular complexity index is 1050. The quantitative estimate of drug-likeness (QED) is 0.300. The molecule has 0 bridgehead atoms. The molecular weight excluding hydrogens is 416 g/mol. The summed E-state index contributed by atoms with van der Waals surface area (Å²) < 4.78 is 11.0. The molecule has 32 heavy (non-hydrogen) atoms. The number of aromatic nitrogens is 1. The van der Waals surface area contributed by atoms with Crippen molar-refractivity contribution < 1.29 is 28.8 Å². The first-order chi connectivity index (χ1) is 15.0. The van der Waals surface area contributed by atoms with Gasteiger partial charge in [0.1, 0.15) is 5.78 Å². The lowest BCUT2D eigenvalue weighted by molar-refractivity contribution is -0.484. The van der Waals surface area contributed by atoms with Gasteiger partial charge in [0.2, 0.25) is 12.0 Å². The highest BCUT2D eigenvalue weighted by Gasteiger charge is 2.60. The van der Waals surface area contributed by atoms with Crippen LogP contribution in [-0.4, -0.2) is 46.4 Å². The van der Waals surface area contributed by atoms with Crippen molar-refractivity contribution in [1.29, 1.82) is 0 Å². The molecule has 2 aromatic rings. The first kappa shape index (κ1) is 23.4. The zero-order valence-electron chi connectivity index (χ0n) is 18.8. The average Bonchev–Trinajstić information content (AvgIpc) is 3.06. The Morgan fingerprint density at radius 2 is 1.69 bits per heavy atom. The van der Waals surface area contributed by atoms with E-state index in [0.29, 0.717) is 16.5 Å². The van der Waals surface area contributed by atoms with Gasteiger partial charge in [-0.15, -0.1) is 0 Å². The zero-order chi connectivity index (χ0) is 23.8. The van der Waals surface area contributed by atoms with Crippen LogP contribution < -0.4 is 0 Å².